The molecule has 0 bridgehead atoms. The number of para-hydroxylation sites is 1. The lowest BCUT2D eigenvalue weighted by Gasteiger charge is -2.29. The number of amides is 12. The van der Waals surface area contributed by atoms with Gasteiger partial charge in [0, 0.05) is 17.1 Å². The fourth-order valence-electron chi connectivity index (χ4n) is 8.91. The Morgan fingerprint density at radius 2 is 0.944 bits per heavy atom. The molecule has 23 N–H and O–H groups in total. The molecular weight excluding hydrogens is 1190 g/mol. The molecule has 2 aromatic rings. The number of benzene rings is 1. The molecule has 1 aromatic heterocycles. The lowest BCUT2D eigenvalue weighted by Crippen LogP contribution is -2.62. The molecule has 0 aliphatic rings. The molecule has 0 aliphatic heterocycles. The zero-order chi connectivity index (χ0) is 68.3. The summed E-state index contributed by atoms with van der Waals surface area (Å²) in [5, 5.41) is 62.7. The van der Waals surface area contributed by atoms with E-state index >= 15 is 0 Å². The van der Waals surface area contributed by atoms with Crippen molar-refractivity contribution in [2.45, 2.75) is 179 Å². The van der Waals surface area contributed by atoms with Gasteiger partial charge in [-0.15, -0.1) is 0 Å². The smallest absolute Gasteiger partial charge is 0.326 e. The van der Waals surface area contributed by atoms with Gasteiger partial charge in [-0.2, -0.15) is 0 Å². The van der Waals surface area contributed by atoms with Gasteiger partial charge in [-0.05, 0) is 75.0 Å². The van der Waals surface area contributed by atoms with Gasteiger partial charge in [0.2, 0.25) is 70.9 Å². The number of nitrogens with two attached hydrogens (primary N) is 4. The van der Waals surface area contributed by atoms with Crippen molar-refractivity contribution in [2.75, 3.05) is 13.2 Å². The van der Waals surface area contributed by atoms with E-state index in [2.05, 4.69) is 58.2 Å². The van der Waals surface area contributed by atoms with Crippen molar-refractivity contribution in [3.63, 3.8) is 0 Å². The first-order chi connectivity index (χ1) is 42.1. The predicted molar refractivity (Wildman–Crippen MR) is 318 cm³/mol. The van der Waals surface area contributed by atoms with Crippen LogP contribution in [-0.4, -0.2) is 194 Å². The van der Waals surface area contributed by atoms with Gasteiger partial charge < -0.3 is 102 Å². The number of aliphatic carboxylic acids is 3. The van der Waals surface area contributed by atoms with Gasteiger partial charge in [-0.3, -0.25) is 67.1 Å². The van der Waals surface area contributed by atoms with E-state index in [9.17, 15) is 92.3 Å². The van der Waals surface area contributed by atoms with Crippen molar-refractivity contribution in [3.8, 4) is 0 Å². The Balaban J connectivity index is 2.35. The Hall–Kier alpha value is -9.31. The Morgan fingerprint density at radius 3 is 1.44 bits per heavy atom. The number of aliphatic hydroxyl groups excluding tert-OH is 1. The number of carbonyl (C=O) groups excluding carboxylic acids is 12. The highest BCUT2D eigenvalue weighted by molar-refractivity contribution is 6.01. The van der Waals surface area contributed by atoms with Gasteiger partial charge in [0.05, 0.1) is 38.3 Å². The fourth-order valence-corrected chi connectivity index (χ4v) is 8.91. The van der Waals surface area contributed by atoms with Crippen molar-refractivity contribution in [1.82, 2.24) is 58.2 Å². The number of carboxylic acid groups (broad SMARTS) is 3. The number of rotatable bonds is 41. The van der Waals surface area contributed by atoms with Gasteiger partial charge >= 0.3 is 17.9 Å². The first kappa shape index (κ1) is 76.8. The summed E-state index contributed by atoms with van der Waals surface area (Å²) in [6.45, 7) is 9.55. The summed E-state index contributed by atoms with van der Waals surface area (Å²) in [4.78, 5) is 200. The summed E-state index contributed by atoms with van der Waals surface area (Å²) in [7, 11) is 0. The second-order valence-electron chi connectivity index (χ2n) is 22.4. The summed E-state index contributed by atoms with van der Waals surface area (Å²) in [5.74, 6) is -20.0. The van der Waals surface area contributed by atoms with Crippen LogP contribution in [-0.2, 0) is 78.3 Å². The zero-order valence-electron chi connectivity index (χ0n) is 51.2. The first-order valence-electron chi connectivity index (χ1n) is 29.0. The van der Waals surface area contributed by atoms with E-state index in [1.54, 1.807) is 39.1 Å². The van der Waals surface area contributed by atoms with Gasteiger partial charge in [-0.25, -0.2) is 4.79 Å². The number of unbranched alkanes of at least 4 members (excludes halogenated alkanes) is 1. The highest BCUT2D eigenvalue weighted by atomic mass is 16.4. The lowest BCUT2D eigenvalue weighted by molar-refractivity contribution is -0.145. The maximum atomic E-state index is 14.3. The number of carbonyl (C=O) groups is 15. The minimum absolute atomic E-state index is 0.0121. The fraction of sp³-hybridized carbons (Fsp3) is 0.589. The molecular formula is C56H87N15O19. The molecule has 12 amide bonds. The third-order valence-corrected chi connectivity index (χ3v) is 14.1. The first-order valence-corrected chi connectivity index (χ1v) is 29.0. The van der Waals surface area contributed by atoms with Crippen LogP contribution in [0.25, 0.3) is 10.9 Å². The van der Waals surface area contributed by atoms with E-state index in [0.29, 0.717) is 12.0 Å². The maximum absolute atomic E-state index is 14.3. The van der Waals surface area contributed by atoms with Crippen molar-refractivity contribution in [3.05, 3.63) is 36.0 Å². The minimum atomic E-state index is -2.06. The average molecular weight is 1270 g/mol. The second-order valence-corrected chi connectivity index (χ2v) is 22.4. The molecule has 0 fully saturated rings. The Bertz CT molecular complexity index is 2900. The molecule has 12 atom stereocenters. The van der Waals surface area contributed by atoms with Gasteiger partial charge in [0.25, 0.3) is 0 Å². The largest absolute Gasteiger partial charge is 0.481 e. The van der Waals surface area contributed by atoms with Crippen molar-refractivity contribution < 1.29 is 92.3 Å². The summed E-state index contributed by atoms with van der Waals surface area (Å²) in [6.07, 6.45) is -1.76. The number of aromatic nitrogens is 1. The lowest BCUT2D eigenvalue weighted by atomic mass is 9.96. The maximum Gasteiger partial charge on any atom is 0.326 e. The Kier molecular flexibility index (Phi) is 32.0. The summed E-state index contributed by atoms with van der Waals surface area (Å²) in [5.41, 5.74) is 24.1. The van der Waals surface area contributed by atoms with Gasteiger partial charge in [0.15, 0.2) is 0 Å². The Morgan fingerprint density at radius 1 is 0.511 bits per heavy atom. The van der Waals surface area contributed by atoms with E-state index in [0.717, 1.165) is 17.8 Å². The third kappa shape index (κ3) is 25.8. The SMILES string of the molecule is CC[C@H](C)[C@H](NC(=O)[C@H](CCCCN)NC(=O)[C@H](CC(C)C)NC(=O)[C@H](CO)NC(=O)[C@H](CC(N)=O)NC(=O)[C@@H](N)Cc1c[nH]c2ccccc12)C(=O)N[C@@H](CC(=O)O)C(=O)N[C@@H](CC(N)=O)C(=O)N[C@@H](C)C(=O)N[C@@H](CC(=O)O)C(=O)N[C@H](C(=O)O)C(C)C. The van der Waals surface area contributed by atoms with Crippen LogP contribution in [0.1, 0.15) is 112 Å². The van der Waals surface area contributed by atoms with Crippen LogP contribution >= 0.6 is 0 Å². The van der Waals surface area contributed by atoms with Crippen LogP contribution in [0.5, 0.6) is 0 Å². The molecule has 0 spiro atoms. The van der Waals surface area contributed by atoms with Crippen LogP contribution in [0, 0.1) is 17.8 Å². The average Bonchev–Trinajstić information content (AvgIpc) is 1.95. The van der Waals surface area contributed by atoms with E-state index in [-0.39, 0.29) is 44.6 Å². The van der Waals surface area contributed by atoms with Crippen LogP contribution < -0.4 is 76.1 Å². The molecule has 2 rings (SSSR count). The minimum Gasteiger partial charge on any atom is -0.481 e. The topological polar surface area (TPSA) is 577 Å². The van der Waals surface area contributed by atoms with Gasteiger partial charge in [-0.1, -0.05) is 66.2 Å². The van der Waals surface area contributed by atoms with E-state index in [1.165, 1.54) is 20.8 Å². The molecule has 90 heavy (non-hydrogen) atoms. The number of aliphatic hydroxyl groups is 1. The highest BCUT2D eigenvalue weighted by Crippen LogP contribution is 2.19. The standard InChI is InChI=1S/C56H87N15O19/c1-8-27(6)45(55(88)68-37(21-42(75)76)52(85)67-35(19-40(59)73)49(82)62-28(7)46(79)64-38(22-43(77)78)53(86)70-44(26(4)5)56(89)90)71-48(81)33(15-11-12-16-57)63-50(83)34(17-25(2)3)66-54(87)39(24-72)69-51(84)36(20-41(60)74)65-47(80)31(58)18-29-23-61-32-14-10-9-13-30(29)32/h9-10,13-14,23,25-28,31,33-39,44-45,61,72H,8,11-12,15-22,24,57-58H2,1-7H3,(H2,59,73)(H2,60,74)(H,62,82)(H,63,83)(H,64,79)(H,65,80)(H,66,87)(H,67,85)(H,68,88)(H,69,84)(H,70,86)(H,71,81)(H,75,76)(H,77,78)(H,89,90)/t27-,28-,31-,33-,34-,35-,36-,37-,38-,39-,44-,45-/m0/s1. The molecule has 0 radical (unpaired) electrons. The summed E-state index contributed by atoms with van der Waals surface area (Å²) in [6, 6.07) is -11.1. The number of carboxylic acids is 3. The molecule has 1 aromatic carbocycles. The predicted octanol–water partition coefficient (Wildman–Crippen LogP) is -5.44. The number of nitrogens with one attached hydrogen (secondary N) is 11. The number of H-pyrrole nitrogens is 1. The molecule has 0 unspecified atom stereocenters. The number of fused-ring (bicyclic) bond motifs is 1. The monoisotopic (exact) mass is 1270 g/mol. The van der Waals surface area contributed by atoms with Gasteiger partial charge in [0.1, 0.15) is 60.4 Å². The zero-order valence-corrected chi connectivity index (χ0v) is 51.2. The second kappa shape index (κ2) is 37.5. The van der Waals surface area contributed by atoms with E-state index in [1.807, 2.05) is 12.1 Å². The van der Waals surface area contributed by atoms with Crippen molar-refractivity contribution >= 4 is 99.7 Å². The van der Waals surface area contributed by atoms with Crippen LogP contribution in [0.4, 0.5) is 0 Å². The molecule has 0 aliphatic carbocycles. The summed E-state index contributed by atoms with van der Waals surface area (Å²) >= 11 is 0. The molecule has 0 saturated carbocycles. The summed E-state index contributed by atoms with van der Waals surface area (Å²) < 4.78 is 0. The molecule has 34 heteroatoms. The Labute approximate surface area is 517 Å². The molecule has 1 heterocycles. The van der Waals surface area contributed by atoms with Crippen LogP contribution in [0.15, 0.2) is 30.5 Å². The normalized spacial score (nSPS) is 15.2. The number of hydrogen-bond acceptors (Lipinski definition) is 18. The van der Waals surface area contributed by atoms with Crippen molar-refractivity contribution in [1.29, 1.82) is 0 Å². The van der Waals surface area contributed by atoms with E-state index in [4.69, 9.17) is 22.9 Å². The quantitative estimate of drug-likeness (QED) is 0.0276. The molecule has 34 nitrogen and oxygen atoms in total. The number of aromatic amines is 1. The van der Waals surface area contributed by atoms with Crippen LogP contribution in [0.3, 0.4) is 0 Å². The highest BCUT2D eigenvalue weighted by Gasteiger charge is 2.38. The molecule has 500 valence electrons. The number of primary amides is 2. The van der Waals surface area contributed by atoms with Crippen LogP contribution in [0.2, 0.25) is 0 Å². The van der Waals surface area contributed by atoms with Crippen molar-refractivity contribution in [2.24, 2.45) is 40.7 Å². The third-order valence-electron chi connectivity index (χ3n) is 14.1. The number of hydrogen-bond donors (Lipinski definition) is 19. The molecule has 0 saturated heterocycles. The van der Waals surface area contributed by atoms with E-state index < -0.39 is 199 Å².